The van der Waals surface area contributed by atoms with E-state index in [1.807, 2.05) is 0 Å². The van der Waals surface area contributed by atoms with Crippen LogP contribution in [-0.4, -0.2) is 25.7 Å². The number of halogens is 2. The number of hydrogen-bond donors (Lipinski definition) is 1. The van der Waals surface area contributed by atoms with Crippen LogP contribution in [0.5, 0.6) is 0 Å². The van der Waals surface area contributed by atoms with Crippen LogP contribution in [0.1, 0.15) is 38.5 Å². The highest BCUT2D eigenvalue weighted by molar-refractivity contribution is 4.76. The first-order valence-electron chi connectivity index (χ1n) is 5.81. The predicted molar refractivity (Wildman–Crippen MR) is 56.0 cm³/mol. The minimum absolute atomic E-state index is 0.128. The fraction of sp³-hybridized carbons (Fsp3) is 1.00. The smallest absolute Gasteiger partial charge is 0.261 e. The molecule has 1 atom stereocenters. The molecule has 1 saturated carbocycles. The molecular weight excluding hydrogens is 200 g/mol. The van der Waals surface area contributed by atoms with Gasteiger partial charge in [-0.2, -0.15) is 0 Å². The Bertz CT molecular complexity index is 161. The normalized spacial score (nSPS) is 20.8. The van der Waals surface area contributed by atoms with Crippen LogP contribution in [0.15, 0.2) is 0 Å². The minimum Gasteiger partial charge on any atom is -0.375 e. The van der Waals surface area contributed by atoms with Gasteiger partial charge in [-0.25, -0.2) is 8.78 Å². The molecule has 2 N–H and O–H groups in total. The summed E-state index contributed by atoms with van der Waals surface area (Å²) in [6.45, 7) is -0.0978. The molecular formula is C11H21F2NO. The number of hydrogen-bond acceptors (Lipinski definition) is 2. The van der Waals surface area contributed by atoms with Crippen molar-refractivity contribution >= 4 is 0 Å². The zero-order chi connectivity index (χ0) is 11.1. The third-order valence-corrected chi connectivity index (χ3v) is 3.09. The molecule has 0 bridgehead atoms. The highest BCUT2D eigenvalue weighted by Crippen LogP contribution is 2.26. The molecule has 0 saturated heterocycles. The summed E-state index contributed by atoms with van der Waals surface area (Å²) in [5.41, 5.74) is 6.00. The summed E-state index contributed by atoms with van der Waals surface area (Å²) >= 11 is 0. The Labute approximate surface area is 90.2 Å². The van der Waals surface area contributed by atoms with E-state index in [1.54, 1.807) is 0 Å². The van der Waals surface area contributed by atoms with E-state index < -0.39 is 13.0 Å². The summed E-state index contributed by atoms with van der Waals surface area (Å²) in [6, 6.07) is 0.128. The van der Waals surface area contributed by atoms with Gasteiger partial charge >= 0.3 is 0 Å². The molecule has 15 heavy (non-hydrogen) atoms. The molecule has 0 aromatic rings. The second-order valence-electron chi connectivity index (χ2n) is 4.32. The Hall–Kier alpha value is -0.220. The van der Waals surface area contributed by atoms with Crippen molar-refractivity contribution in [2.75, 3.05) is 13.2 Å². The van der Waals surface area contributed by atoms with Gasteiger partial charge in [-0.05, 0) is 25.2 Å². The first-order chi connectivity index (χ1) is 7.20. The van der Waals surface area contributed by atoms with Crippen LogP contribution in [0.3, 0.4) is 0 Å². The van der Waals surface area contributed by atoms with Gasteiger partial charge < -0.3 is 10.5 Å². The molecule has 0 heterocycles. The van der Waals surface area contributed by atoms with E-state index >= 15 is 0 Å². The van der Waals surface area contributed by atoms with Crippen molar-refractivity contribution in [1.29, 1.82) is 0 Å². The van der Waals surface area contributed by atoms with Crippen LogP contribution in [-0.2, 0) is 4.74 Å². The van der Waals surface area contributed by atoms with Gasteiger partial charge in [0, 0.05) is 12.6 Å². The summed E-state index contributed by atoms with van der Waals surface area (Å²) < 4.78 is 28.3. The van der Waals surface area contributed by atoms with Crippen molar-refractivity contribution in [3.8, 4) is 0 Å². The monoisotopic (exact) mass is 221 g/mol. The Kier molecular flexibility index (Phi) is 6.10. The molecule has 2 nitrogen and oxygen atoms in total. The molecule has 1 aliphatic carbocycles. The first-order valence-corrected chi connectivity index (χ1v) is 5.81. The van der Waals surface area contributed by atoms with Gasteiger partial charge in [-0.3, -0.25) is 0 Å². The average Bonchev–Trinajstić information content (AvgIpc) is 2.25. The largest absolute Gasteiger partial charge is 0.375 e. The van der Waals surface area contributed by atoms with Crippen LogP contribution < -0.4 is 5.73 Å². The van der Waals surface area contributed by atoms with E-state index in [4.69, 9.17) is 10.5 Å². The van der Waals surface area contributed by atoms with Gasteiger partial charge in [0.25, 0.3) is 6.43 Å². The molecule has 0 radical (unpaired) electrons. The molecule has 0 aliphatic heterocycles. The van der Waals surface area contributed by atoms with Crippen molar-refractivity contribution in [3.05, 3.63) is 0 Å². The molecule has 1 rings (SSSR count). The van der Waals surface area contributed by atoms with Gasteiger partial charge in [-0.1, -0.05) is 19.3 Å². The van der Waals surface area contributed by atoms with Crippen LogP contribution in [0.4, 0.5) is 8.78 Å². The number of rotatable bonds is 6. The highest BCUT2D eigenvalue weighted by Gasteiger charge is 2.20. The summed E-state index contributed by atoms with van der Waals surface area (Å²) in [5, 5.41) is 0. The summed E-state index contributed by atoms with van der Waals surface area (Å²) in [5.74, 6) is 0.578. The van der Waals surface area contributed by atoms with Crippen molar-refractivity contribution in [2.45, 2.75) is 51.0 Å². The quantitative estimate of drug-likeness (QED) is 0.700. The molecule has 0 spiro atoms. The van der Waals surface area contributed by atoms with Crippen molar-refractivity contribution < 1.29 is 13.5 Å². The van der Waals surface area contributed by atoms with E-state index in [0.717, 1.165) is 0 Å². The zero-order valence-electron chi connectivity index (χ0n) is 9.13. The van der Waals surface area contributed by atoms with Crippen LogP contribution in [0.2, 0.25) is 0 Å². The second kappa shape index (κ2) is 7.12. The summed E-state index contributed by atoms with van der Waals surface area (Å²) in [6.07, 6.45) is 4.55. The molecule has 90 valence electrons. The van der Waals surface area contributed by atoms with E-state index in [0.29, 0.717) is 18.9 Å². The molecule has 0 aromatic heterocycles. The van der Waals surface area contributed by atoms with Crippen LogP contribution >= 0.6 is 0 Å². The average molecular weight is 221 g/mol. The van der Waals surface area contributed by atoms with E-state index in [9.17, 15) is 8.78 Å². The van der Waals surface area contributed by atoms with Crippen LogP contribution in [0.25, 0.3) is 0 Å². The Morgan fingerprint density at radius 3 is 2.47 bits per heavy atom. The molecule has 4 heteroatoms. The fourth-order valence-electron chi connectivity index (χ4n) is 2.19. The lowest BCUT2D eigenvalue weighted by atomic mass is 9.83. The highest BCUT2D eigenvalue weighted by atomic mass is 19.3. The Balaban J connectivity index is 2.04. The standard InChI is InChI=1S/C11H21F2NO/c12-11(13)8-15-7-6-10(14)9-4-2-1-3-5-9/h9-11H,1-8,14H2. The molecule has 0 amide bonds. The van der Waals surface area contributed by atoms with Crippen molar-refractivity contribution in [3.63, 3.8) is 0 Å². The van der Waals surface area contributed by atoms with E-state index in [1.165, 1.54) is 32.1 Å². The lowest BCUT2D eigenvalue weighted by Gasteiger charge is -2.27. The maximum Gasteiger partial charge on any atom is 0.261 e. The molecule has 1 unspecified atom stereocenters. The van der Waals surface area contributed by atoms with E-state index in [2.05, 4.69) is 0 Å². The molecule has 1 aliphatic rings. The molecule has 1 fully saturated rings. The Morgan fingerprint density at radius 1 is 1.20 bits per heavy atom. The Morgan fingerprint density at radius 2 is 1.87 bits per heavy atom. The van der Waals surface area contributed by atoms with Gasteiger partial charge in [0.15, 0.2) is 0 Å². The van der Waals surface area contributed by atoms with Gasteiger partial charge in [-0.15, -0.1) is 0 Å². The predicted octanol–water partition coefficient (Wildman–Crippen LogP) is 2.57. The SMILES string of the molecule is NC(CCOCC(F)F)C1CCCCC1. The number of ether oxygens (including phenoxy) is 1. The zero-order valence-corrected chi connectivity index (χ0v) is 9.13. The molecule has 0 aromatic carbocycles. The van der Waals surface area contributed by atoms with Crippen LogP contribution in [0, 0.1) is 5.92 Å². The van der Waals surface area contributed by atoms with Gasteiger partial charge in [0.1, 0.15) is 6.61 Å². The number of nitrogens with two attached hydrogens (primary N) is 1. The maximum atomic E-state index is 11.8. The summed E-state index contributed by atoms with van der Waals surface area (Å²) in [7, 11) is 0. The van der Waals surface area contributed by atoms with E-state index in [-0.39, 0.29) is 6.04 Å². The fourth-order valence-corrected chi connectivity index (χ4v) is 2.19. The topological polar surface area (TPSA) is 35.2 Å². The van der Waals surface area contributed by atoms with Crippen molar-refractivity contribution in [2.24, 2.45) is 11.7 Å². The van der Waals surface area contributed by atoms with Crippen molar-refractivity contribution in [1.82, 2.24) is 0 Å². The van der Waals surface area contributed by atoms with Gasteiger partial charge in [0.05, 0.1) is 0 Å². The summed E-state index contributed by atoms with van der Waals surface area (Å²) in [4.78, 5) is 0. The minimum atomic E-state index is -2.36. The number of alkyl halides is 2. The lowest BCUT2D eigenvalue weighted by Crippen LogP contribution is -2.32. The maximum absolute atomic E-state index is 11.8. The van der Waals surface area contributed by atoms with Gasteiger partial charge in [0.2, 0.25) is 0 Å². The third-order valence-electron chi connectivity index (χ3n) is 3.09. The third kappa shape index (κ3) is 5.42. The first kappa shape index (κ1) is 12.8. The lowest BCUT2D eigenvalue weighted by molar-refractivity contribution is 0.0134. The second-order valence-corrected chi connectivity index (χ2v) is 4.32.